The first-order valence-electron chi connectivity index (χ1n) is 12.4. The van der Waals surface area contributed by atoms with E-state index in [1.54, 1.807) is 24.1 Å². The van der Waals surface area contributed by atoms with Crippen LogP contribution in [0.2, 0.25) is 0 Å². The van der Waals surface area contributed by atoms with Crippen molar-refractivity contribution in [3.05, 3.63) is 65.4 Å². The molecule has 0 spiro atoms. The van der Waals surface area contributed by atoms with Crippen molar-refractivity contribution in [2.24, 2.45) is 0 Å². The molecule has 3 aromatic rings. The van der Waals surface area contributed by atoms with Gasteiger partial charge in [0.15, 0.2) is 5.82 Å². The summed E-state index contributed by atoms with van der Waals surface area (Å²) in [6.45, 7) is 5.94. The van der Waals surface area contributed by atoms with Gasteiger partial charge in [0.1, 0.15) is 17.3 Å². The van der Waals surface area contributed by atoms with E-state index < -0.39 is 0 Å². The number of nitrogens with one attached hydrogen (secondary N) is 2. The van der Waals surface area contributed by atoms with Gasteiger partial charge in [0.25, 0.3) is 5.91 Å². The van der Waals surface area contributed by atoms with Crippen LogP contribution in [0.3, 0.4) is 0 Å². The van der Waals surface area contributed by atoms with Gasteiger partial charge in [0.2, 0.25) is 0 Å². The molecule has 192 valence electrons. The molecule has 5 rings (SSSR count). The molecule has 1 saturated heterocycles. The van der Waals surface area contributed by atoms with E-state index in [2.05, 4.69) is 15.5 Å². The van der Waals surface area contributed by atoms with Gasteiger partial charge >= 0.3 is 6.03 Å². The molecule has 0 unspecified atom stereocenters. The Labute approximate surface area is 215 Å². The second-order valence-corrected chi connectivity index (χ2v) is 8.87. The second-order valence-electron chi connectivity index (χ2n) is 8.87. The lowest BCUT2D eigenvalue weighted by Gasteiger charge is -2.29. The number of urea groups is 1. The number of morpholine rings is 1. The van der Waals surface area contributed by atoms with Crippen LogP contribution in [-0.2, 0) is 17.8 Å². The van der Waals surface area contributed by atoms with E-state index in [9.17, 15) is 9.59 Å². The smallest absolute Gasteiger partial charge is 0.319 e. The van der Waals surface area contributed by atoms with E-state index in [1.807, 2.05) is 43.3 Å². The predicted molar refractivity (Wildman–Crippen MR) is 140 cm³/mol. The molecule has 3 amide bonds. The number of benzene rings is 2. The fourth-order valence-corrected chi connectivity index (χ4v) is 4.49. The normalized spacial score (nSPS) is 14.9. The quantitative estimate of drug-likeness (QED) is 0.510. The molecule has 37 heavy (non-hydrogen) atoms. The van der Waals surface area contributed by atoms with Gasteiger partial charge in [-0.05, 0) is 48.9 Å². The lowest BCUT2D eigenvalue weighted by molar-refractivity contribution is 0.0762. The summed E-state index contributed by atoms with van der Waals surface area (Å²) in [7, 11) is 1.63. The fourth-order valence-electron chi connectivity index (χ4n) is 4.49. The Kier molecular flexibility index (Phi) is 7.18. The molecule has 1 fully saturated rings. The van der Waals surface area contributed by atoms with Gasteiger partial charge in [0.05, 0.1) is 26.9 Å². The third-order valence-corrected chi connectivity index (χ3v) is 6.41. The minimum Gasteiger partial charge on any atom is -0.497 e. The van der Waals surface area contributed by atoms with Crippen molar-refractivity contribution >= 4 is 23.4 Å². The fraction of sp³-hybridized carbons (Fsp3) is 0.333. The van der Waals surface area contributed by atoms with Crippen LogP contribution >= 0.6 is 0 Å². The third kappa shape index (κ3) is 5.34. The number of aromatic nitrogens is 2. The van der Waals surface area contributed by atoms with Gasteiger partial charge in [-0.1, -0.05) is 12.1 Å². The zero-order valence-corrected chi connectivity index (χ0v) is 21.0. The molecule has 10 heteroatoms. The molecule has 1 aromatic heterocycles. The Bertz CT molecular complexity index is 1270. The SMILES string of the molecule is CCNC(=O)Nc1ccc(-c2nc3c(c(N4CCOCC4)n2)CN(Cc2ccc(OC)cc2)C3=O)cc1. The highest BCUT2D eigenvalue weighted by molar-refractivity contribution is 5.98. The van der Waals surface area contributed by atoms with Crippen molar-refractivity contribution in [3.8, 4) is 17.1 Å². The molecular formula is C27H30N6O4. The van der Waals surface area contributed by atoms with Crippen LogP contribution in [0.25, 0.3) is 11.4 Å². The van der Waals surface area contributed by atoms with Crippen LogP contribution in [0.4, 0.5) is 16.3 Å². The lowest BCUT2D eigenvalue weighted by Crippen LogP contribution is -2.37. The van der Waals surface area contributed by atoms with Gasteiger partial charge < -0.3 is 29.9 Å². The highest BCUT2D eigenvalue weighted by Crippen LogP contribution is 2.33. The minimum absolute atomic E-state index is 0.112. The molecule has 2 aliphatic heterocycles. The Morgan fingerprint density at radius 3 is 2.46 bits per heavy atom. The van der Waals surface area contributed by atoms with Crippen LogP contribution in [0.15, 0.2) is 48.5 Å². The Balaban J connectivity index is 1.44. The number of anilines is 2. The maximum atomic E-state index is 13.5. The summed E-state index contributed by atoms with van der Waals surface area (Å²) in [6, 6.07) is 14.7. The van der Waals surface area contributed by atoms with Crippen molar-refractivity contribution in [1.29, 1.82) is 0 Å². The highest BCUT2D eigenvalue weighted by Gasteiger charge is 2.34. The maximum Gasteiger partial charge on any atom is 0.319 e. The monoisotopic (exact) mass is 502 g/mol. The Morgan fingerprint density at radius 1 is 1.05 bits per heavy atom. The number of methoxy groups -OCH3 is 1. The van der Waals surface area contributed by atoms with Crippen LogP contribution in [0, 0.1) is 0 Å². The standard InChI is InChI=1S/C27H30N6O4/c1-3-28-27(35)29-20-8-6-19(7-9-20)24-30-23-22(25(31-24)32-12-14-37-15-13-32)17-33(26(23)34)16-18-4-10-21(36-2)11-5-18/h4-11H,3,12-17H2,1-2H3,(H2,28,29,35). The number of carbonyl (C=O) groups excluding carboxylic acids is 2. The minimum atomic E-state index is -0.263. The summed E-state index contributed by atoms with van der Waals surface area (Å²) in [5.74, 6) is 1.92. The Hall–Kier alpha value is -4.18. The van der Waals surface area contributed by atoms with Crippen molar-refractivity contribution in [2.75, 3.05) is 50.2 Å². The van der Waals surface area contributed by atoms with Crippen LogP contribution < -0.4 is 20.3 Å². The number of nitrogens with zero attached hydrogens (tertiary/aromatic N) is 4. The van der Waals surface area contributed by atoms with Gasteiger partial charge in [-0.15, -0.1) is 0 Å². The number of fused-ring (bicyclic) bond motifs is 1. The van der Waals surface area contributed by atoms with E-state index in [1.165, 1.54) is 0 Å². The summed E-state index contributed by atoms with van der Waals surface area (Å²) in [4.78, 5) is 38.9. The molecular weight excluding hydrogens is 472 g/mol. The van der Waals surface area contributed by atoms with E-state index in [0.717, 1.165) is 28.3 Å². The van der Waals surface area contributed by atoms with Gasteiger partial charge in [-0.2, -0.15) is 0 Å². The number of hydrogen-bond donors (Lipinski definition) is 2. The Morgan fingerprint density at radius 2 is 1.78 bits per heavy atom. The summed E-state index contributed by atoms with van der Waals surface area (Å²) in [5.41, 5.74) is 3.72. The number of rotatable bonds is 7. The van der Waals surface area contributed by atoms with Crippen molar-refractivity contribution in [2.45, 2.75) is 20.0 Å². The topological polar surface area (TPSA) is 109 Å². The summed E-state index contributed by atoms with van der Waals surface area (Å²) in [6.07, 6.45) is 0. The summed E-state index contributed by atoms with van der Waals surface area (Å²) < 4.78 is 10.8. The van der Waals surface area contributed by atoms with Gasteiger partial charge in [-0.3, -0.25) is 4.79 Å². The average Bonchev–Trinajstić information content (AvgIpc) is 3.24. The number of carbonyl (C=O) groups is 2. The predicted octanol–water partition coefficient (Wildman–Crippen LogP) is 3.29. The van der Waals surface area contributed by atoms with Crippen LogP contribution in [-0.4, -0.2) is 66.8 Å². The zero-order valence-electron chi connectivity index (χ0n) is 21.0. The number of hydrogen-bond acceptors (Lipinski definition) is 7. The first-order chi connectivity index (χ1) is 18.1. The van der Waals surface area contributed by atoms with Gasteiger partial charge in [0, 0.05) is 43.0 Å². The third-order valence-electron chi connectivity index (χ3n) is 6.41. The molecule has 0 saturated carbocycles. The van der Waals surface area contributed by atoms with Crippen molar-refractivity contribution < 1.29 is 19.1 Å². The van der Waals surface area contributed by atoms with E-state index in [4.69, 9.17) is 19.4 Å². The lowest BCUT2D eigenvalue weighted by atomic mass is 10.1. The molecule has 0 atom stereocenters. The number of ether oxygens (including phenoxy) is 2. The summed E-state index contributed by atoms with van der Waals surface area (Å²) in [5, 5.41) is 5.49. The van der Waals surface area contributed by atoms with Crippen LogP contribution in [0.5, 0.6) is 5.75 Å². The zero-order chi connectivity index (χ0) is 25.8. The van der Waals surface area contributed by atoms with Crippen molar-refractivity contribution in [3.63, 3.8) is 0 Å². The molecule has 3 heterocycles. The molecule has 2 aromatic carbocycles. The largest absolute Gasteiger partial charge is 0.497 e. The second kappa shape index (κ2) is 10.8. The average molecular weight is 503 g/mol. The van der Waals surface area contributed by atoms with E-state index in [0.29, 0.717) is 63.1 Å². The molecule has 0 aliphatic carbocycles. The maximum absolute atomic E-state index is 13.5. The molecule has 10 nitrogen and oxygen atoms in total. The van der Waals surface area contributed by atoms with E-state index in [-0.39, 0.29) is 11.9 Å². The first kappa shape index (κ1) is 24.5. The van der Waals surface area contributed by atoms with E-state index >= 15 is 0 Å². The van der Waals surface area contributed by atoms with Gasteiger partial charge in [-0.25, -0.2) is 14.8 Å². The first-order valence-corrected chi connectivity index (χ1v) is 12.4. The highest BCUT2D eigenvalue weighted by atomic mass is 16.5. The molecule has 2 N–H and O–H groups in total. The molecule has 0 bridgehead atoms. The van der Waals surface area contributed by atoms with Crippen molar-refractivity contribution in [1.82, 2.24) is 20.2 Å². The molecule has 2 aliphatic rings. The molecule has 0 radical (unpaired) electrons. The number of amides is 3. The summed E-state index contributed by atoms with van der Waals surface area (Å²) >= 11 is 0. The van der Waals surface area contributed by atoms with Crippen LogP contribution in [0.1, 0.15) is 28.5 Å².